The first-order chi connectivity index (χ1) is 11.5. The quantitative estimate of drug-likeness (QED) is 0.917. The Hall–Kier alpha value is -2.47. The lowest BCUT2D eigenvalue weighted by atomic mass is 9.96. The highest BCUT2D eigenvalue weighted by molar-refractivity contribution is 5.76. The van der Waals surface area contributed by atoms with Crippen LogP contribution in [0.3, 0.4) is 0 Å². The third kappa shape index (κ3) is 3.54. The first-order valence-corrected chi connectivity index (χ1v) is 8.14. The minimum atomic E-state index is -0.511. The fraction of sp³-hybridized carbons (Fsp3) is 0.389. The summed E-state index contributed by atoms with van der Waals surface area (Å²) in [7, 11) is 0. The summed E-state index contributed by atoms with van der Waals surface area (Å²) < 4.78 is 1.19. The first-order valence-electron chi connectivity index (χ1n) is 8.14. The van der Waals surface area contributed by atoms with Crippen LogP contribution in [0.4, 0.5) is 0 Å². The summed E-state index contributed by atoms with van der Waals surface area (Å²) in [5.41, 5.74) is 1.23. The lowest BCUT2D eigenvalue weighted by Gasteiger charge is -2.34. The zero-order chi connectivity index (χ0) is 17.1. The molecule has 6 heteroatoms. The van der Waals surface area contributed by atoms with E-state index >= 15 is 0 Å². The number of aliphatic hydroxyl groups is 1. The van der Waals surface area contributed by atoms with Gasteiger partial charge in [-0.2, -0.15) is 5.10 Å². The third-order valence-electron chi connectivity index (χ3n) is 4.49. The Labute approximate surface area is 140 Å². The minimum absolute atomic E-state index is 0.111. The molecular formula is C18H21N3O3. The number of piperidine rings is 1. The SMILES string of the molecule is CC1CCN(C(=O)Cn2nc(-c3ccccc3)ccc2=O)CC1O. The van der Waals surface area contributed by atoms with Gasteiger partial charge in [0.2, 0.25) is 5.91 Å². The first kappa shape index (κ1) is 16.4. The van der Waals surface area contributed by atoms with Crippen LogP contribution in [-0.2, 0) is 11.3 Å². The third-order valence-corrected chi connectivity index (χ3v) is 4.49. The van der Waals surface area contributed by atoms with E-state index in [1.54, 1.807) is 11.0 Å². The summed E-state index contributed by atoms with van der Waals surface area (Å²) in [5, 5.41) is 14.2. The Morgan fingerprint density at radius 2 is 2.00 bits per heavy atom. The number of benzene rings is 1. The summed E-state index contributed by atoms with van der Waals surface area (Å²) in [6.45, 7) is 2.78. The van der Waals surface area contributed by atoms with E-state index in [4.69, 9.17) is 0 Å². The van der Waals surface area contributed by atoms with Gasteiger partial charge < -0.3 is 10.0 Å². The van der Waals surface area contributed by atoms with Gasteiger partial charge in [-0.25, -0.2) is 4.68 Å². The van der Waals surface area contributed by atoms with Crippen molar-refractivity contribution in [3.8, 4) is 11.3 Å². The molecule has 0 spiro atoms. The Bertz CT molecular complexity index is 773. The van der Waals surface area contributed by atoms with Crippen LogP contribution in [0.25, 0.3) is 11.3 Å². The molecule has 2 heterocycles. The van der Waals surface area contributed by atoms with Gasteiger partial charge in [0.15, 0.2) is 0 Å². The van der Waals surface area contributed by atoms with Gasteiger partial charge in [0.25, 0.3) is 5.56 Å². The molecule has 2 atom stereocenters. The van der Waals surface area contributed by atoms with Crippen molar-refractivity contribution in [2.45, 2.75) is 26.0 Å². The number of aliphatic hydroxyl groups excluding tert-OH is 1. The van der Waals surface area contributed by atoms with Gasteiger partial charge in [-0.3, -0.25) is 9.59 Å². The van der Waals surface area contributed by atoms with Crippen molar-refractivity contribution >= 4 is 5.91 Å². The van der Waals surface area contributed by atoms with Gasteiger partial charge in [0, 0.05) is 24.7 Å². The standard InChI is InChI=1S/C18H21N3O3/c1-13-9-10-20(11-16(13)22)18(24)12-21-17(23)8-7-15(19-21)14-5-3-2-4-6-14/h2-8,13,16,22H,9-12H2,1H3. The number of nitrogens with zero attached hydrogens (tertiary/aromatic N) is 3. The summed E-state index contributed by atoms with van der Waals surface area (Å²) in [5.74, 6) is -0.00272. The lowest BCUT2D eigenvalue weighted by Crippen LogP contribution is -2.47. The second-order valence-corrected chi connectivity index (χ2v) is 6.25. The lowest BCUT2D eigenvalue weighted by molar-refractivity contribution is -0.136. The van der Waals surface area contributed by atoms with Gasteiger partial charge in [0.1, 0.15) is 6.54 Å². The zero-order valence-electron chi connectivity index (χ0n) is 13.6. The van der Waals surface area contributed by atoms with Crippen LogP contribution in [-0.4, -0.2) is 44.9 Å². The van der Waals surface area contributed by atoms with E-state index < -0.39 is 6.10 Å². The second kappa shape index (κ2) is 6.97. The second-order valence-electron chi connectivity index (χ2n) is 6.25. The number of β-amino-alcohol motifs (C(OH)–C–C–N with tert-alkyl or cyclic N) is 1. The van der Waals surface area contributed by atoms with Gasteiger partial charge in [0.05, 0.1) is 11.8 Å². The average molecular weight is 327 g/mol. The van der Waals surface area contributed by atoms with Gasteiger partial charge >= 0.3 is 0 Å². The van der Waals surface area contributed by atoms with Crippen molar-refractivity contribution in [2.24, 2.45) is 5.92 Å². The van der Waals surface area contributed by atoms with Crippen molar-refractivity contribution in [1.29, 1.82) is 0 Å². The Morgan fingerprint density at radius 1 is 1.25 bits per heavy atom. The van der Waals surface area contributed by atoms with Crippen LogP contribution >= 0.6 is 0 Å². The summed E-state index contributed by atoms with van der Waals surface area (Å²) in [4.78, 5) is 26.1. The molecule has 0 bridgehead atoms. The van der Waals surface area contributed by atoms with Crippen molar-refractivity contribution in [3.63, 3.8) is 0 Å². The molecule has 1 aliphatic heterocycles. The molecular weight excluding hydrogens is 306 g/mol. The average Bonchev–Trinajstić information content (AvgIpc) is 2.60. The van der Waals surface area contributed by atoms with Gasteiger partial charge in [-0.1, -0.05) is 37.3 Å². The molecule has 2 aromatic rings. The molecule has 1 fully saturated rings. The predicted octanol–water partition coefficient (Wildman–Crippen LogP) is 1.14. The van der Waals surface area contributed by atoms with E-state index in [0.717, 1.165) is 12.0 Å². The van der Waals surface area contributed by atoms with E-state index in [9.17, 15) is 14.7 Å². The van der Waals surface area contributed by atoms with E-state index in [0.29, 0.717) is 18.8 Å². The number of likely N-dealkylation sites (tertiary alicyclic amines) is 1. The maximum Gasteiger partial charge on any atom is 0.267 e. The molecule has 1 amide bonds. The molecule has 126 valence electrons. The van der Waals surface area contributed by atoms with Crippen LogP contribution in [0.1, 0.15) is 13.3 Å². The number of carbonyl (C=O) groups is 1. The number of hydrogen-bond donors (Lipinski definition) is 1. The van der Waals surface area contributed by atoms with Crippen LogP contribution in [0.5, 0.6) is 0 Å². The van der Waals surface area contributed by atoms with Crippen molar-refractivity contribution in [1.82, 2.24) is 14.7 Å². The number of hydrogen-bond acceptors (Lipinski definition) is 4. The number of aromatic nitrogens is 2. The van der Waals surface area contributed by atoms with Gasteiger partial charge in [-0.15, -0.1) is 0 Å². The summed E-state index contributed by atoms with van der Waals surface area (Å²) in [6.07, 6.45) is 0.252. The molecule has 1 aromatic heterocycles. The Balaban J connectivity index is 1.77. The van der Waals surface area contributed by atoms with Crippen LogP contribution in [0, 0.1) is 5.92 Å². The topological polar surface area (TPSA) is 75.4 Å². The Kier molecular flexibility index (Phi) is 4.76. The van der Waals surface area contributed by atoms with Crippen LogP contribution in [0.15, 0.2) is 47.3 Å². The smallest absolute Gasteiger partial charge is 0.267 e. The summed E-state index contributed by atoms with van der Waals surface area (Å²) in [6, 6.07) is 12.6. The monoisotopic (exact) mass is 327 g/mol. The molecule has 0 radical (unpaired) electrons. The van der Waals surface area contributed by atoms with Crippen molar-refractivity contribution in [3.05, 3.63) is 52.8 Å². The van der Waals surface area contributed by atoms with Crippen LogP contribution < -0.4 is 5.56 Å². The molecule has 1 aliphatic rings. The van der Waals surface area contributed by atoms with Crippen LogP contribution in [0.2, 0.25) is 0 Å². The number of amides is 1. The van der Waals surface area contributed by atoms with Crippen molar-refractivity contribution in [2.75, 3.05) is 13.1 Å². The highest BCUT2D eigenvalue weighted by atomic mass is 16.3. The maximum absolute atomic E-state index is 12.4. The highest BCUT2D eigenvalue weighted by Crippen LogP contribution is 2.17. The summed E-state index contributed by atoms with van der Waals surface area (Å²) >= 11 is 0. The fourth-order valence-corrected chi connectivity index (χ4v) is 2.83. The van der Waals surface area contributed by atoms with E-state index in [1.807, 2.05) is 37.3 Å². The maximum atomic E-state index is 12.4. The zero-order valence-corrected chi connectivity index (χ0v) is 13.6. The molecule has 1 aromatic carbocycles. The molecule has 1 saturated heterocycles. The van der Waals surface area contributed by atoms with E-state index in [1.165, 1.54) is 10.7 Å². The Morgan fingerprint density at radius 3 is 2.71 bits per heavy atom. The largest absolute Gasteiger partial charge is 0.391 e. The molecule has 24 heavy (non-hydrogen) atoms. The molecule has 0 aliphatic carbocycles. The highest BCUT2D eigenvalue weighted by Gasteiger charge is 2.27. The fourth-order valence-electron chi connectivity index (χ4n) is 2.83. The molecule has 1 N–H and O–H groups in total. The number of carbonyl (C=O) groups excluding carboxylic acids is 1. The van der Waals surface area contributed by atoms with Gasteiger partial charge in [-0.05, 0) is 18.4 Å². The molecule has 0 saturated carbocycles. The minimum Gasteiger partial charge on any atom is -0.391 e. The number of rotatable bonds is 3. The van der Waals surface area contributed by atoms with E-state index in [-0.39, 0.29) is 23.9 Å². The molecule has 3 rings (SSSR count). The molecule has 6 nitrogen and oxygen atoms in total. The predicted molar refractivity (Wildman–Crippen MR) is 90.3 cm³/mol. The van der Waals surface area contributed by atoms with Crippen molar-refractivity contribution < 1.29 is 9.90 Å². The molecule has 2 unspecified atom stereocenters. The normalized spacial score (nSPS) is 20.8. The van der Waals surface area contributed by atoms with E-state index in [2.05, 4.69) is 5.10 Å².